The van der Waals surface area contributed by atoms with Crippen molar-refractivity contribution in [1.29, 1.82) is 0 Å². The third-order valence-electron chi connectivity index (χ3n) is 2.34. The van der Waals surface area contributed by atoms with E-state index in [1.54, 1.807) is 0 Å². The van der Waals surface area contributed by atoms with Crippen LogP contribution in [0.1, 0.15) is 20.8 Å². The number of hydrogen-bond acceptors (Lipinski definition) is 3. The number of carbonyl (C=O) groups excluding carboxylic acids is 2. The highest BCUT2D eigenvalue weighted by molar-refractivity contribution is 5.87. The van der Waals surface area contributed by atoms with Gasteiger partial charge in [0.1, 0.15) is 0 Å². The van der Waals surface area contributed by atoms with Gasteiger partial charge in [0, 0.05) is 25.7 Å². The quantitative estimate of drug-likeness (QED) is 0.564. The van der Waals surface area contributed by atoms with Crippen LogP contribution in [0.25, 0.3) is 0 Å². The third kappa shape index (κ3) is 10.0. The Hall–Kier alpha value is -1.62. The van der Waals surface area contributed by atoms with Gasteiger partial charge in [-0.3, -0.25) is 9.59 Å². The zero-order chi connectivity index (χ0) is 14.9. The van der Waals surface area contributed by atoms with E-state index >= 15 is 0 Å². The zero-order valence-electron chi connectivity index (χ0n) is 12.1. The molecule has 0 aliphatic heterocycles. The fourth-order valence-corrected chi connectivity index (χ4v) is 1.26. The molecule has 0 fully saturated rings. The molecule has 0 aliphatic rings. The molecule has 0 aliphatic carbocycles. The van der Waals surface area contributed by atoms with Crippen molar-refractivity contribution >= 4 is 11.8 Å². The molecule has 0 radical (unpaired) electrons. The van der Waals surface area contributed by atoms with Gasteiger partial charge in [0.25, 0.3) is 0 Å². The largest absolute Gasteiger partial charge is 0.351 e. The molecule has 0 aromatic carbocycles. The van der Waals surface area contributed by atoms with Crippen LogP contribution in [0.15, 0.2) is 25.3 Å². The molecule has 5 nitrogen and oxygen atoms in total. The molecular weight excluding hydrogens is 242 g/mol. The van der Waals surface area contributed by atoms with Gasteiger partial charge < -0.3 is 16.0 Å². The minimum Gasteiger partial charge on any atom is -0.351 e. The van der Waals surface area contributed by atoms with Crippen molar-refractivity contribution in [3.8, 4) is 0 Å². The Morgan fingerprint density at radius 2 is 1.47 bits per heavy atom. The SMILES string of the molecule is C=CC(=O)NCC(CNC(=O)C=C)NCC(C)(C)C. The van der Waals surface area contributed by atoms with Gasteiger partial charge in [-0.2, -0.15) is 0 Å². The lowest BCUT2D eigenvalue weighted by atomic mass is 9.96. The molecule has 3 N–H and O–H groups in total. The van der Waals surface area contributed by atoms with Crippen LogP contribution in [0.2, 0.25) is 0 Å². The molecule has 0 saturated heterocycles. The Labute approximate surface area is 115 Å². The van der Waals surface area contributed by atoms with Gasteiger partial charge in [-0.1, -0.05) is 33.9 Å². The van der Waals surface area contributed by atoms with Gasteiger partial charge in [0.2, 0.25) is 11.8 Å². The third-order valence-corrected chi connectivity index (χ3v) is 2.34. The summed E-state index contributed by atoms with van der Waals surface area (Å²) < 4.78 is 0. The van der Waals surface area contributed by atoms with E-state index in [0.717, 1.165) is 6.54 Å². The fraction of sp³-hybridized carbons (Fsp3) is 0.571. The minimum absolute atomic E-state index is 0.0352. The number of amides is 2. The van der Waals surface area contributed by atoms with E-state index in [4.69, 9.17) is 0 Å². The van der Waals surface area contributed by atoms with E-state index in [-0.39, 0.29) is 23.3 Å². The van der Waals surface area contributed by atoms with Crippen molar-refractivity contribution in [2.24, 2.45) is 5.41 Å². The Morgan fingerprint density at radius 3 is 1.79 bits per heavy atom. The second-order valence-corrected chi connectivity index (χ2v) is 5.54. The van der Waals surface area contributed by atoms with Crippen LogP contribution < -0.4 is 16.0 Å². The van der Waals surface area contributed by atoms with Crippen LogP contribution >= 0.6 is 0 Å². The lowest BCUT2D eigenvalue weighted by Gasteiger charge is -2.25. The summed E-state index contributed by atoms with van der Waals surface area (Å²) in [5.74, 6) is -0.449. The van der Waals surface area contributed by atoms with Gasteiger partial charge in [-0.05, 0) is 17.6 Å². The predicted octanol–water partition coefficient (Wildman–Crippen LogP) is 0.595. The second kappa shape index (κ2) is 8.48. The maximum atomic E-state index is 11.2. The average molecular weight is 267 g/mol. The highest BCUT2D eigenvalue weighted by Crippen LogP contribution is 2.10. The molecule has 108 valence electrons. The first-order valence-electron chi connectivity index (χ1n) is 6.32. The van der Waals surface area contributed by atoms with Crippen LogP contribution in [-0.2, 0) is 9.59 Å². The molecule has 19 heavy (non-hydrogen) atoms. The number of nitrogens with one attached hydrogen (secondary N) is 3. The van der Waals surface area contributed by atoms with E-state index in [0.29, 0.717) is 13.1 Å². The van der Waals surface area contributed by atoms with Crippen molar-refractivity contribution in [1.82, 2.24) is 16.0 Å². The minimum atomic E-state index is -0.224. The predicted molar refractivity (Wildman–Crippen MR) is 77.7 cm³/mol. The normalized spacial score (nSPS) is 10.9. The molecule has 0 bridgehead atoms. The molecule has 0 aromatic heterocycles. The highest BCUT2D eigenvalue weighted by atomic mass is 16.2. The highest BCUT2D eigenvalue weighted by Gasteiger charge is 2.15. The first-order valence-corrected chi connectivity index (χ1v) is 6.32. The second-order valence-electron chi connectivity index (χ2n) is 5.54. The summed E-state index contributed by atoms with van der Waals surface area (Å²) in [4.78, 5) is 22.3. The Kier molecular flexibility index (Phi) is 7.75. The van der Waals surface area contributed by atoms with Gasteiger partial charge in [0.15, 0.2) is 0 Å². The summed E-state index contributed by atoms with van der Waals surface area (Å²) in [5, 5.41) is 8.75. The van der Waals surface area contributed by atoms with E-state index < -0.39 is 0 Å². The van der Waals surface area contributed by atoms with Crippen molar-refractivity contribution in [2.75, 3.05) is 19.6 Å². The lowest BCUT2D eigenvalue weighted by Crippen LogP contribution is -2.49. The molecular formula is C14H25N3O2. The smallest absolute Gasteiger partial charge is 0.243 e. The lowest BCUT2D eigenvalue weighted by molar-refractivity contribution is -0.116. The van der Waals surface area contributed by atoms with Gasteiger partial charge in [-0.25, -0.2) is 0 Å². The van der Waals surface area contributed by atoms with Gasteiger partial charge >= 0.3 is 0 Å². The fourth-order valence-electron chi connectivity index (χ4n) is 1.26. The summed E-state index contributed by atoms with van der Waals surface area (Å²) in [6.45, 7) is 14.8. The molecule has 0 rings (SSSR count). The van der Waals surface area contributed by atoms with Crippen molar-refractivity contribution in [3.63, 3.8) is 0 Å². The molecule has 0 spiro atoms. The molecule has 0 saturated carbocycles. The van der Waals surface area contributed by atoms with Crippen molar-refractivity contribution in [2.45, 2.75) is 26.8 Å². The number of carbonyl (C=O) groups is 2. The Morgan fingerprint density at radius 1 is 1.05 bits per heavy atom. The first kappa shape index (κ1) is 17.4. The zero-order valence-corrected chi connectivity index (χ0v) is 12.1. The number of hydrogen-bond donors (Lipinski definition) is 3. The van der Waals surface area contributed by atoms with E-state index in [9.17, 15) is 9.59 Å². The molecule has 0 heterocycles. The van der Waals surface area contributed by atoms with Crippen molar-refractivity contribution < 1.29 is 9.59 Å². The molecule has 2 amide bonds. The van der Waals surface area contributed by atoms with E-state index in [1.807, 2.05) is 0 Å². The van der Waals surface area contributed by atoms with Gasteiger partial charge in [0.05, 0.1) is 0 Å². The van der Waals surface area contributed by atoms with Crippen LogP contribution in [-0.4, -0.2) is 37.5 Å². The summed E-state index contributed by atoms with van der Waals surface area (Å²) in [6, 6.07) is -0.0352. The van der Waals surface area contributed by atoms with Crippen molar-refractivity contribution in [3.05, 3.63) is 25.3 Å². The summed E-state index contributed by atoms with van der Waals surface area (Å²) >= 11 is 0. The number of rotatable bonds is 8. The van der Waals surface area contributed by atoms with E-state index in [2.05, 4.69) is 49.9 Å². The topological polar surface area (TPSA) is 70.2 Å². The summed E-state index contributed by atoms with van der Waals surface area (Å²) in [6.07, 6.45) is 2.45. The monoisotopic (exact) mass is 267 g/mol. The van der Waals surface area contributed by atoms with Crippen LogP contribution in [0.4, 0.5) is 0 Å². The standard InChI is InChI=1S/C14H25N3O2/c1-6-12(18)15-8-11(9-16-13(19)7-2)17-10-14(3,4)5/h6-7,11,17H,1-2,8-10H2,3-5H3,(H,15,18)(H,16,19). The maximum absolute atomic E-state index is 11.2. The van der Waals surface area contributed by atoms with Crippen LogP contribution in [0, 0.1) is 5.41 Å². The first-order chi connectivity index (χ1) is 8.78. The van der Waals surface area contributed by atoms with Crippen LogP contribution in [0.5, 0.6) is 0 Å². The molecule has 0 aromatic rings. The maximum Gasteiger partial charge on any atom is 0.243 e. The van der Waals surface area contributed by atoms with Crippen LogP contribution in [0.3, 0.4) is 0 Å². The Balaban J connectivity index is 4.28. The average Bonchev–Trinajstić information content (AvgIpc) is 2.35. The molecule has 0 unspecified atom stereocenters. The summed E-state index contributed by atoms with van der Waals surface area (Å²) in [5.41, 5.74) is 0.128. The Bertz CT molecular complexity index is 308. The molecule has 0 atom stereocenters. The molecule has 5 heteroatoms. The van der Waals surface area contributed by atoms with Gasteiger partial charge in [-0.15, -0.1) is 0 Å². The summed E-state index contributed by atoms with van der Waals surface area (Å²) in [7, 11) is 0. The van der Waals surface area contributed by atoms with E-state index in [1.165, 1.54) is 12.2 Å².